The van der Waals surface area contributed by atoms with Gasteiger partial charge in [0, 0.05) is 17.8 Å². The number of carbonyl (C=O) groups excluding carboxylic acids is 1. The number of aryl methyl sites for hydroxylation is 1. The summed E-state index contributed by atoms with van der Waals surface area (Å²) >= 11 is 0. The van der Waals surface area contributed by atoms with Crippen LogP contribution in [0, 0.1) is 13.8 Å². The molecule has 4 aromatic rings. The molecule has 0 aliphatic carbocycles. The molecule has 1 aromatic heterocycles. The highest BCUT2D eigenvalue weighted by molar-refractivity contribution is 5.94. The number of phenolic OH excluding ortho intramolecular Hbond substituents is 1. The number of nitrogens with one attached hydrogen (secondary N) is 1. The molecule has 0 atom stereocenters. The van der Waals surface area contributed by atoms with E-state index in [2.05, 4.69) is 5.32 Å². The quantitative estimate of drug-likeness (QED) is 0.509. The summed E-state index contributed by atoms with van der Waals surface area (Å²) < 4.78 is 11.3. The molecule has 4 rings (SSSR count). The lowest BCUT2D eigenvalue weighted by Crippen LogP contribution is -2.20. The van der Waals surface area contributed by atoms with E-state index in [1.807, 2.05) is 32.0 Å². The number of fused-ring (bicyclic) bond motifs is 2. The number of rotatable bonds is 4. The van der Waals surface area contributed by atoms with E-state index in [0.29, 0.717) is 11.0 Å². The van der Waals surface area contributed by atoms with Crippen LogP contribution in [0.4, 0.5) is 5.69 Å². The van der Waals surface area contributed by atoms with Crippen molar-refractivity contribution in [2.45, 2.75) is 13.8 Å². The zero-order chi connectivity index (χ0) is 20.5. The van der Waals surface area contributed by atoms with Crippen molar-refractivity contribution in [1.82, 2.24) is 0 Å². The second kappa shape index (κ2) is 7.31. The molecule has 6 nitrogen and oxygen atoms in total. The Balaban J connectivity index is 1.58. The lowest BCUT2D eigenvalue weighted by molar-refractivity contribution is -0.118. The maximum absolute atomic E-state index is 12.6. The summed E-state index contributed by atoms with van der Waals surface area (Å²) in [5, 5.41) is 13.6. The summed E-state index contributed by atoms with van der Waals surface area (Å²) in [5.74, 6) is -0.366. The highest BCUT2D eigenvalue weighted by Crippen LogP contribution is 2.30. The Morgan fingerprint density at radius 3 is 2.69 bits per heavy atom. The summed E-state index contributed by atoms with van der Waals surface area (Å²) in [5.41, 5.74) is 3.06. The highest BCUT2D eigenvalue weighted by Gasteiger charge is 2.14. The van der Waals surface area contributed by atoms with E-state index >= 15 is 0 Å². The summed E-state index contributed by atoms with van der Waals surface area (Å²) in [6, 6.07) is 15.3. The van der Waals surface area contributed by atoms with Crippen molar-refractivity contribution in [3.8, 4) is 11.5 Å². The molecular weight excluding hydrogens is 370 g/mol. The topological polar surface area (TPSA) is 88.8 Å². The largest absolute Gasteiger partial charge is 0.507 e. The first-order valence-electron chi connectivity index (χ1n) is 9.11. The van der Waals surface area contributed by atoms with Crippen LogP contribution >= 0.6 is 0 Å². The number of ether oxygens (including phenoxy) is 1. The maximum atomic E-state index is 12.6. The number of para-hydroxylation sites is 1. The number of hydrogen-bond acceptors (Lipinski definition) is 5. The van der Waals surface area contributed by atoms with Gasteiger partial charge in [-0.15, -0.1) is 0 Å². The Bertz CT molecular complexity index is 1310. The number of hydrogen-bond donors (Lipinski definition) is 2. The summed E-state index contributed by atoms with van der Waals surface area (Å²) in [4.78, 5) is 24.9. The lowest BCUT2D eigenvalue weighted by Gasteiger charge is -2.12. The SMILES string of the molecule is Cc1cccc(NC(=O)COc2cc(O)c3c(=O)c4ccccc4oc3c2)c1C. The average Bonchev–Trinajstić information content (AvgIpc) is 2.70. The summed E-state index contributed by atoms with van der Waals surface area (Å²) in [6.07, 6.45) is 0. The molecule has 0 bridgehead atoms. The summed E-state index contributed by atoms with van der Waals surface area (Å²) in [7, 11) is 0. The third-order valence-electron chi connectivity index (χ3n) is 4.88. The van der Waals surface area contributed by atoms with Crippen molar-refractivity contribution >= 4 is 33.5 Å². The second-order valence-electron chi connectivity index (χ2n) is 6.83. The number of phenols is 1. The van der Waals surface area contributed by atoms with Crippen LogP contribution in [0.25, 0.3) is 21.9 Å². The highest BCUT2D eigenvalue weighted by atomic mass is 16.5. The van der Waals surface area contributed by atoms with Gasteiger partial charge >= 0.3 is 0 Å². The minimum absolute atomic E-state index is 0.0795. The number of aromatic hydroxyl groups is 1. The molecule has 1 amide bonds. The zero-order valence-corrected chi connectivity index (χ0v) is 16.0. The first kappa shape index (κ1) is 18.6. The van der Waals surface area contributed by atoms with Crippen LogP contribution in [0.5, 0.6) is 11.5 Å². The molecule has 146 valence electrons. The molecule has 0 saturated carbocycles. The Kier molecular flexibility index (Phi) is 4.68. The fraction of sp³-hybridized carbons (Fsp3) is 0.130. The van der Waals surface area contributed by atoms with E-state index in [9.17, 15) is 14.7 Å². The van der Waals surface area contributed by atoms with E-state index in [1.54, 1.807) is 24.3 Å². The normalized spacial score (nSPS) is 11.0. The first-order chi connectivity index (χ1) is 13.9. The third kappa shape index (κ3) is 3.52. The van der Waals surface area contributed by atoms with Crippen LogP contribution in [0.2, 0.25) is 0 Å². The lowest BCUT2D eigenvalue weighted by atomic mass is 10.1. The van der Waals surface area contributed by atoms with Crippen LogP contribution in [-0.2, 0) is 4.79 Å². The number of carbonyl (C=O) groups is 1. The second-order valence-corrected chi connectivity index (χ2v) is 6.83. The van der Waals surface area contributed by atoms with Crippen LogP contribution in [0.3, 0.4) is 0 Å². The van der Waals surface area contributed by atoms with Gasteiger partial charge in [-0.25, -0.2) is 0 Å². The van der Waals surface area contributed by atoms with Crippen molar-refractivity contribution < 1.29 is 19.1 Å². The number of amides is 1. The third-order valence-corrected chi connectivity index (χ3v) is 4.88. The first-order valence-corrected chi connectivity index (χ1v) is 9.11. The fourth-order valence-electron chi connectivity index (χ4n) is 3.19. The number of benzene rings is 3. The Morgan fingerprint density at radius 1 is 1.07 bits per heavy atom. The zero-order valence-electron chi connectivity index (χ0n) is 16.0. The van der Waals surface area contributed by atoms with Gasteiger partial charge in [0.1, 0.15) is 28.1 Å². The molecule has 2 N–H and O–H groups in total. The molecule has 0 radical (unpaired) electrons. The van der Waals surface area contributed by atoms with Crippen molar-refractivity contribution in [1.29, 1.82) is 0 Å². The Morgan fingerprint density at radius 2 is 1.86 bits per heavy atom. The van der Waals surface area contributed by atoms with E-state index in [4.69, 9.17) is 9.15 Å². The number of anilines is 1. The monoisotopic (exact) mass is 389 g/mol. The molecule has 0 fully saturated rings. The van der Waals surface area contributed by atoms with Gasteiger partial charge in [-0.2, -0.15) is 0 Å². The van der Waals surface area contributed by atoms with E-state index in [1.165, 1.54) is 12.1 Å². The summed E-state index contributed by atoms with van der Waals surface area (Å²) in [6.45, 7) is 3.65. The fourth-order valence-corrected chi connectivity index (χ4v) is 3.19. The minimum atomic E-state index is -0.335. The molecule has 29 heavy (non-hydrogen) atoms. The van der Waals surface area contributed by atoms with Crippen LogP contribution in [0.1, 0.15) is 11.1 Å². The van der Waals surface area contributed by atoms with E-state index in [-0.39, 0.29) is 40.4 Å². The predicted octanol–water partition coefficient (Wildman–Crippen LogP) is 4.29. The van der Waals surface area contributed by atoms with Crippen molar-refractivity contribution in [2.75, 3.05) is 11.9 Å². The molecule has 0 unspecified atom stereocenters. The molecule has 3 aromatic carbocycles. The van der Waals surface area contributed by atoms with Gasteiger partial charge < -0.3 is 19.6 Å². The van der Waals surface area contributed by atoms with E-state index < -0.39 is 0 Å². The molecular formula is C23H19NO5. The van der Waals surface area contributed by atoms with Crippen molar-refractivity contribution in [3.05, 3.63) is 75.9 Å². The van der Waals surface area contributed by atoms with Gasteiger partial charge in [0.2, 0.25) is 5.43 Å². The van der Waals surface area contributed by atoms with Gasteiger partial charge in [0.15, 0.2) is 6.61 Å². The maximum Gasteiger partial charge on any atom is 0.262 e. The molecule has 1 heterocycles. The molecule has 6 heteroatoms. The van der Waals surface area contributed by atoms with Gasteiger partial charge in [-0.05, 0) is 43.2 Å². The molecule has 0 saturated heterocycles. The van der Waals surface area contributed by atoms with Gasteiger partial charge in [-0.3, -0.25) is 9.59 Å². The van der Waals surface area contributed by atoms with Crippen molar-refractivity contribution in [2.24, 2.45) is 0 Å². The Labute approximate surface area is 166 Å². The van der Waals surface area contributed by atoms with Gasteiger partial charge in [-0.1, -0.05) is 24.3 Å². The van der Waals surface area contributed by atoms with Crippen LogP contribution in [0.15, 0.2) is 63.8 Å². The van der Waals surface area contributed by atoms with Crippen molar-refractivity contribution in [3.63, 3.8) is 0 Å². The predicted molar refractivity (Wildman–Crippen MR) is 112 cm³/mol. The van der Waals surface area contributed by atoms with Crippen LogP contribution in [-0.4, -0.2) is 17.6 Å². The molecule has 0 aliphatic heterocycles. The van der Waals surface area contributed by atoms with Gasteiger partial charge in [0.05, 0.1) is 5.39 Å². The van der Waals surface area contributed by atoms with Gasteiger partial charge in [0.25, 0.3) is 5.91 Å². The van der Waals surface area contributed by atoms with E-state index in [0.717, 1.165) is 16.8 Å². The standard InChI is InChI=1S/C23H19NO5/c1-13-6-5-8-17(14(13)2)24-21(26)12-28-15-10-18(25)22-20(11-15)29-19-9-4-3-7-16(19)23(22)27/h3-11,25H,12H2,1-2H3,(H,24,26). The molecule has 0 aliphatic rings. The smallest absolute Gasteiger partial charge is 0.262 e. The molecule has 0 spiro atoms. The Hall–Kier alpha value is -3.80. The van der Waals surface area contributed by atoms with Crippen LogP contribution < -0.4 is 15.5 Å². The minimum Gasteiger partial charge on any atom is -0.507 e. The average molecular weight is 389 g/mol.